The molecule has 92 valence electrons. The molecule has 0 aromatic rings. The fourth-order valence-corrected chi connectivity index (χ4v) is 2.04. The Morgan fingerprint density at radius 3 is 2.75 bits per heavy atom. The second kappa shape index (κ2) is 5.84. The van der Waals surface area contributed by atoms with Crippen molar-refractivity contribution in [2.75, 3.05) is 13.7 Å². The molecule has 1 heterocycles. The van der Waals surface area contributed by atoms with E-state index in [9.17, 15) is 9.59 Å². The summed E-state index contributed by atoms with van der Waals surface area (Å²) in [6.07, 6.45) is 2.24. The minimum Gasteiger partial charge on any atom is -0.481 e. The second-order valence-corrected chi connectivity index (χ2v) is 4.16. The lowest BCUT2D eigenvalue weighted by atomic mass is 9.99. The van der Waals surface area contributed by atoms with E-state index >= 15 is 0 Å². The average Bonchev–Trinajstić information content (AvgIpc) is 2.27. The molecule has 1 rings (SSSR count). The zero-order valence-corrected chi connectivity index (χ0v) is 9.81. The number of ether oxygens (including phenoxy) is 1. The molecule has 1 aliphatic heterocycles. The van der Waals surface area contributed by atoms with Crippen molar-refractivity contribution in [1.82, 2.24) is 4.90 Å². The highest BCUT2D eigenvalue weighted by molar-refractivity contribution is 5.81. The molecular formula is C11H19NO4. The monoisotopic (exact) mass is 229 g/mol. The van der Waals surface area contributed by atoms with Crippen LogP contribution in [-0.2, 0) is 14.3 Å². The van der Waals surface area contributed by atoms with Gasteiger partial charge in [0.15, 0.2) is 0 Å². The number of carbonyl (C=O) groups excluding carboxylic acids is 1. The third-order valence-corrected chi connectivity index (χ3v) is 3.02. The van der Waals surface area contributed by atoms with Gasteiger partial charge < -0.3 is 14.7 Å². The van der Waals surface area contributed by atoms with Gasteiger partial charge in [0.25, 0.3) is 5.91 Å². The molecular weight excluding hydrogens is 210 g/mol. The molecule has 1 aliphatic rings. The molecule has 0 saturated carbocycles. The van der Waals surface area contributed by atoms with Gasteiger partial charge in [-0.3, -0.25) is 9.59 Å². The number of aliphatic carboxylic acids is 1. The van der Waals surface area contributed by atoms with Gasteiger partial charge in [-0.1, -0.05) is 0 Å². The Labute approximate surface area is 95.4 Å². The maximum atomic E-state index is 11.9. The van der Waals surface area contributed by atoms with E-state index in [0.29, 0.717) is 6.54 Å². The first-order chi connectivity index (χ1) is 7.56. The molecule has 2 atom stereocenters. The number of piperidine rings is 1. The van der Waals surface area contributed by atoms with Crippen LogP contribution in [0.25, 0.3) is 0 Å². The van der Waals surface area contributed by atoms with E-state index in [1.54, 1.807) is 11.8 Å². The van der Waals surface area contributed by atoms with Gasteiger partial charge in [-0.15, -0.1) is 0 Å². The van der Waals surface area contributed by atoms with Crippen LogP contribution in [0.3, 0.4) is 0 Å². The highest BCUT2D eigenvalue weighted by atomic mass is 16.5. The number of methoxy groups -OCH3 is 1. The van der Waals surface area contributed by atoms with Crippen LogP contribution < -0.4 is 0 Å². The van der Waals surface area contributed by atoms with Gasteiger partial charge in [0.05, 0.1) is 6.42 Å². The number of hydrogen-bond donors (Lipinski definition) is 1. The molecule has 1 N–H and O–H groups in total. The van der Waals surface area contributed by atoms with Gasteiger partial charge in [0.1, 0.15) is 6.10 Å². The summed E-state index contributed by atoms with van der Waals surface area (Å²) < 4.78 is 4.98. The first kappa shape index (κ1) is 13.0. The molecule has 1 saturated heterocycles. The summed E-state index contributed by atoms with van der Waals surface area (Å²) >= 11 is 0. The number of carbonyl (C=O) groups is 2. The average molecular weight is 229 g/mol. The molecule has 0 radical (unpaired) electrons. The normalized spacial score (nSPS) is 22.9. The Hall–Kier alpha value is -1.10. The first-order valence-corrected chi connectivity index (χ1v) is 5.61. The number of carboxylic acids is 1. The van der Waals surface area contributed by atoms with Gasteiger partial charge in [-0.2, -0.15) is 0 Å². The SMILES string of the molecule is COC(C)C(=O)N1CCCCC1CC(=O)O. The lowest BCUT2D eigenvalue weighted by Gasteiger charge is -2.36. The molecule has 1 fully saturated rings. The van der Waals surface area contributed by atoms with Crippen molar-refractivity contribution in [1.29, 1.82) is 0 Å². The van der Waals surface area contributed by atoms with Crippen molar-refractivity contribution >= 4 is 11.9 Å². The maximum absolute atomic E-state index is 11.9. The third kappa shape index (κ3) is 3.20. The molecule has 2 unspecified atom stereocenters. The third-order valence-electron chi connectivity index (χ3n) is 3.02. The molecule has 0 bridgehead atoms. The van der Waals surface area contributed by atoms with Crippen molar-refractivity contribution < 1.29 is 19.4 Å². The molecule has 0 aromatic heterocycles. The van der Waals surface area contributed by atoms with Crippen LogP contribution in [0.15, 0.2) is 0 Å². The van der Waals surface area contributed by atoms with E-state index in [-0.39, 0.29) is 18.4 Å². The summed E-state index contributed by atoms with van der Waals surface area (Å²) in [7, 11) is 1.48. The molecule has 5 heteroatoms. The largest absolute Gasteiger partial charge is 0.481 e. The van der Waals surface area contributed by atoms with Crippen LogP contribution in [0.1, 0.15) is 32.6 Å². The fraction of sp³-hybridized carbons (Fsp3) is 0.818. The molecule has 1 amide bonds. The standard InChI is InChI=1S/C11H19NO4/c1-8(16-2)11(15)12-6-4-3-5-9(12)7-10(13)14/h8-9H,3-7H2,1-2H3,(H,13,14). The maximum Gasteiger partial charge on any atom is 0.305 e. The van der Waals surface area contributed by atoms with Crippen LogP contribution in [0, 0.1) is 0 Å². The minimum atomic E-state index is -0.852. The van der Waals surface area contributed by atoms with Crippen molar-refractivity contribution in [2.45, 2.75) is 44.8 Å². The van der Waals surface area contributed by atoms with Crippen LogP contribution in [0.2, 0.25) is 0 Å². The van der Waals surface area contributed by atoms with E-state index in [2.05, 4.69) is 0 Å². The van der Waals surface area contributed by atoms with Gasteiger partial charge >= 0.3 is 5.97 Å². The smallest absolute Gasteiger partial charge is 0.305 e. The van der Waals surface area contributed by atoms with Crippen molar-refractivity contribution in [3.8, 4) is 0 Å². The van der Waals surface area contributed by atoms with Crippen LogP contribution in [0.5, 0.6) is 0 Å². The lowest BCUT2D eigenvalue weighted by Crippen LogP contribution is -2.48. The number of amides is 1. The summed E-state index contributed by atoms with van der Waals surface area (Å²) in [6, 6.07) is -0.170. The Kier molecular flexibility index (Phi) is 4.73. The highest BCUT2D eigenvalue weighted by Crippen LogP contribution is 2.20. The van der Waals surface area contributed by atoms with E-state index < -0.39 is 12.1 Å². The Bertz CT molecular complexity index is 267. The predicted octanol–water partition coefficient (Wildman–Crippen LogP) is 0.877. The Balaban J connectivity index is 2.65. The van der Waals surface area contributed by atoms with Crippen molar-refractivity contribution in [3.63, 3.8) is 0 Å². The van der Waals surface area contributed by atoms with E-state index in [0.717, 1.165) is 19.3 Å². The van der Waals surface area contributed by atoms with E-state index in [4.69, 9.17) is 9.84 Å². The fourth-order valence-electron chi connectivity index (χ4n) is 2.04. The Morgan fingerprint density at radius 1 is 1.50 bits per heavy atom. The summed E-state index contributed by atoms with van der Waals surface area (Å²) in [4.78, 5) is 24.3. The topological polar surface area (TPSA) is 66.8 Å². The lowest BCUT2D eigenvalue weighted by molar-refractivity contribution is -0.147. The van der Waals surface area contributed by atoms with E-state index in [1.165, 1.54) is 7.11 Å². The van der Waals surface area contributed by atoms with Crippen LogP contribution in [-0.4, -0.2) is 47.7 Å². The molecule has 16 heavy (non-hydrogen) atoms. The summed E-state index contributed by atoms with van der Waals surface area (Å²) in [6.45, 7) is 2.33. The molecule has 5 nitrogen and oxygen atoms in total. The van der Waals surface area contributed by atoms with Gasteiger partial charge in [0, 0.05) is 19.7 Å². The van der Waals surface area contributed by atoms with Gasteiger partial charge in [-0.05, 0) is 26.2 Å². The van der Waals surface area contributed by atoms with Crippen LogP contribution >= 0.6 is 0 Å². The number of likely N-dealkylation sites (tertiary alicyclic amines) is 1. The van der Waals surface area contributed by atoms with Crippen molar-refractivity contribution in [2.24, 2.45) is 0 Å². The predicted molar refractivity (Wildman–Crippen MR) is 58.1 cm³/mol. The zero-order chi connectivity index (χ0) is 12.1. The number of hydrogen-bond acceptors (Lipinski definition) is 3. The highest BCUT2D eigenvalue weighted by Gasteiger charge is 2.30. The quantitative estimate of drug-likeness (QED) is 0.777. The minimum absolute atomic E-state index is 0.0299. The first-order valence-electron chi connectivity index (χ1n) is 5.61. The van der Waals surface area contributed by atoms with Crippen LogP contribution in [0.4, 0.5) is 0 Å². The van der Waals surface area contributed by atoms with Gasteiger partial charge in [-0.25, -0.2) is 0 Å². The van der Waals surface area contributed by atoms with Gasteiger partial charge in [0.2, 0.25) is 0 Å². The molecule has 0 aliphatic carbocycles. The number of rotatable bonds is 4. The molecule has 0 aromatic carbocycles. The second-order valence-electron chi connectivity index (χ2n) is 4.16. The molecule has 0 spiro atoms. The summed E-state index contributed by atoms with van der Waals surface area (Å²) in [5.74, 6) is -0.955. The van der Waals surface area contributed by atoms with Crippen molar-refractivity contribution in [3.05, 3.63) is 0 Å². The Morgan fingerprint density at radius 2 is 2.19 bits per heavy atom. The zero-order valence-electron chi connectivity index (χ0n) is 9.81. The number of carboxylic acid groups (broad SMARTS) is 1. The van der Waals surface area contributed by atoms with E-state index in [1.807, 2.05) is 0 Å². The summed E-state index contributed by atoms with van der Waals surface area (Å²) in [5, 5.41) is 8.79. The number of nitrogens with zero attached hydrogens (tertiary/aromatic N) is 1. The summed E-state index contributed by atoms with van der Waals surface area (Å²) in [5.41, 5.74) is 0.